The van der Waals surface area contributed by atoms with Crippen LogP contribution >= 0.6 is 0 Å². The quantitative estimate of drug-likeness (QED) is 0.479. The molecule has 4 heterocycles. The van der Waals surface area contributed by atoms with E-state index in [4.69, 9.17) is 4.98 Å². The van der Waals surface area contributed by atoms with Gasteiger partial charge in [0.05, 0.1) is 28.3 Å². The summed E-state index contributed by atoms with van der Waals surface area (Å²) in [6.45, 7) is 6.19. The third-order valence-electron chi connectivity index (χ3n) is 5.09. The summed E-state index contributed by atoms with van der Waals surface area (Å²) in [7, 11) is 0. The Labute approximate surface area is 178 Å². The first-order valence-corrected chi connectivity index (χ1v) is 9.78. The summed E-state index contributed by atoms with van der Waals surface area (Å²) in [6.07, 6.45) is 12.5. The van der Waals surface area contributed by atoms with Crippen molar-refractivity contribution < 1.29 is 0 Å². The number of rotatable bonds is 4. The van der Waals surface area contributed by atoms with E-state index in [0.29, 0.717) is 11.5 Å². The van der Waals surface area contributed by atoms with Crippen molar-refractivity contribution in [1.29, 1.82) is 0 Å². The molecule has 0 fully saturated rings. The first-order chi connectivity index (χ1) is 15.2. The monoisotopic (exact) mass is 405 g/mol. The second-order valence-corrected chi connectivity index (χ2v) is 7.09. The van der Waals surface area contributed by atoms with Gasteiger partial charge in [-0.05, 0) is 42.3 Å². The van der Waals surface area contributed by atoms with Crippen molar-refractivity contribution in [2.45, 2.75) is 6.92 Å². The Hall–Kier alpha value is -4.39. The molecule has 0 bridgehead atoms. The van der Waals surface area contributed by atoms with Gasteiger partial charge in [-0.1, -0.05) is 24.8 Å². The molecule has 31 heavy (non-hydrogen) atoms. The molecule has 0 amide bonds. The van der Waals surface area contributed by atoms with Gasteiger partial charge in [-0.25, -0.2) is 4.98 Å². The number of benzene rings is 1. The molecule has 7 heteroatoms. The number of hydrogen-bond donors (Lipinski definition) is 2. The summed E-state index contributed by atoms with van der Waals surface area (Å²) in [5, 5.41) is 9.09. The van der Waals surface area contributed by atoms with Crippen LogP contribution in [-0.4, -0.2) is 35.1 Å². The molecule has 1 aromatic carbocycles. The summed E-state index contributed by atoms with van der Waals surface area (Å²) in [5.74, 6) is 0.673. The minimum atomic E-state index is 0.673. The molecule has 5 rings (SSSR count). The van der Waals surface area contributed by atoms with Crippen LogP contribution < -0.4 is 10.6 Å². The summed E-state index contributed by atoms with van der Waals surface area (Å²) in [5.41, 5.74) is 6.44. The van der Waals surface area contributed by atoms with Crippen molar-refractivity contribution in [3.8, 4) is 22.6 Å². The van der Waals surface area contributed by atoms with E-state index < -0.39 is 0 Å². The minimum absolute atomic E-state index is 0.673. The van der Waals surface area contributed by atoms with Crippen molar-refractivity contribution in [3.05, 3.63) is 83.7 Å². The van der Waals surface area contributed by atoms with Crippen LogP contribution in [0.2, 0.25) is 0 Å². The molecule has 0 radical (unpaired) electrons. The summed E-state index contributed by atoms with van der Waals surface area (Å²) in [4.78, 5) is 20.7. The highest BCUT2D eigenvalue weighted by Gasteiger charge is 2.13. The predicted molar refractivity (Wildman–Crippen MR) is 122 cm³/mol. The zero-order valence-corrected chi connectivity index (χ0v) is 16.9. The number of fused-ring (bicyclic) bond motifs is 1. The Balaban J connectivity index is 1.55. The number of allylic oxidation sites excluding steroid dienone is 2. The molecule has 5 aromatic rings. The molecule has 150 valence electrons. The van der Waals surface area contributed by atoms with E-state index in [-0.39, 0.29) is 0 Å². The third kappa shape index (κ3) is 3.53. The summed E-state index contributed by atoms with van der Waals surface area (Å²) < 4.78 is 0. The topological polar surface area (TPSA) is 96.0 Å². The number of aromatic nitrogens is 7. The maximum Gasteiger partial charge on any atom is 0.159 e. The Morgan fingerprint density at radius 1 is 1.03 bits per heavy atom. The van der Waals surface area contributed by atoms with Gasteiger partial charge in [-0.2, -0.15) is 5.10 Å². The van der Waals surface area contributed by atoms with Crippen molar-refractivity contribution in [2.75, 3.05) is 0 Å². The molecule has 2 N–H and O–H groups in total. The highest BCUT2D eigenvalue weighted by molar-refractivity contribution is 5.93. The second-order valence-electron chi connectivity index (χ2n) is 7.09. The Kier molecular flexibility index (Phi) is 4.68. The smallest absolute Gasteiger partial charge is 0.159 e. The molecule has 0 aliphatic carbocycles. The van der Waals surface area contributed by atoms with E-state index >= 15 is 0 Å². The Bertz CT molecular complexity index is 1500. The fourth-order valence-electron chi connectivity index (χ4n) is 3.42. The molecule has 0 unspecified atom stereocenters. The maximum absolute atomic E-state index is 4.83. The average Bonchev–Trinajstić information content (AvgIpc) is 3.41. The number of para-hydroxylation sites is 1. The maximum atomic E-state index is 4.83. The van der Waals surface area contributed by atoms with E-state index in [1.54, 1.807) is 31.0 Å². The molecule has 0 spiro atoms. The zero-order chi connectivity index (χ0) is 21.2. The van der Waals surface area contributed by atoms with Crippen molar-refractivity contribution in [3.63, 3.8) is 0 Å². The van der Waals surface area contributed by atoms with Gasteiger partial charge < -0.3 is 4.98 Å². The summed E-state index contributed by atoms with van der Waals surface area (Å²) in [6, 6.07) is 10.0. The van der Waals surface area contributed by atoms with Crippen LogP contribution in [0.1, 0.15) is 12.6 Å². The normalized spacial score (nSPS) is 12.5. The van der Waals surface area contributed by atoms with Crippen LogP contribution in [-0.2, 0) is 0 Å². The van der Waals surface area contributed by atoms with Crippen LogP contribution in [0.4, 0.5) is 0 Å². The number of imidazole rings is 1. The van der Waals surface area contributed by atoms with Crippen molar-refractivity contribution in [1.82, 2.24) is 35.1 Å². The van der Waals surface area contributed by atoms with Gasteiger partial charge >= 0.3 is 0 Å². The molecule has 0 atom stereocenters. The molecule has 0 saturated carbocycles. The van der Waals surface area contributed by atoms with Crippen LogP contribution in [0, 0.1) is 0 Å². The van der Waals surface area contributed by atoms with E-state index in [1.165, 1.54) is 0 Å². The lowest BCUT2D eigenvalue weighted by molar-refractivity contribution is 1.06. The highest BCUT2D eigenvalue weighted by Crippen LogP contribution is 2.28. The zero-order valence-electron chi connectivity index (χ0n) is 16.9. The van der Waals surface area contributed by atoms with E-state index in [9.17, 15) is 0 Å². The second kappa shape index (κ2) is 7.79. The largest absolute Gasteiger partial charge is 0.337 e. The number of nitrogens with zero attached hydrogens (tertiary/aromatic N) is 5. The molecule has 0 aliphatic heterocycles. The first-order valence-electron chi connectivity index (χ1n) is 9.78. The van der Waals surface area contributed by atoms with Gasteiger partial charge in [0.1, 0.15) is 5.69 Å². The first kappa shape index (κ1) is 18.6. The van der Waals surface area contributed by atoms with Crippen molar-refractivity contribution in [2.24, 2.45) is 0 Å². The molecule has 7 nitrogen and oxygen atoms in total. The van der Waals surface area contributed by atoms with Crippen LogP contribution in [0.25, 0.3) is 51.9 Å². The fourth-order valence-corrected chi connectivity index (χ4v) is 3.42. The lowest BCUT2D eigenvalue weighted by Gasteiger charge is -2.01. The van der Waals surface area contributed by atoms with Gasteiger partial charge in [0, 0.05) is 35.6 Å². The van der Waals surface area contributed by atoms with Gasteiger partial charge in [0.2, 0.25) is 0 Å². The van der Waals surface area contributed by atoms with Crippen LogP contribution in [0.5, 0.6) is 0 Å². The number of hydrogen-bond acceptors (Lipinski definition) is 5. The lowest BCUT2D eigenvalue weighted by atomic mass is 10.1. The SMILES string of the molecule is C=c1c(-c2nc3c(-c4ccncc4)cccc3[nH]2)n[nH]/c1=C/C=C(\C)c1cnccn1. The average molecular weight is 405 g/mol. The van der Waals surface area contributed by atoms with Gasteiger partial charge in [-0.3, -0.25) is 20.1 Å². The van der Waals surface area contributed by atoms with E-state index in [0.717, 1.165) is 44.0 Å². The number of H-pyrrole nitrogens is 2. The van der Waals surface area contributed by atoms with Crippen LogP contribution in [0.3, 0.4) is 0 Å². The molecular weight excluding hydrogens is 386 g/mol. The van der Waals surface area contributed by atoms with E-state index in [1.807, 2.05) is 43.3 Å². The molecule has 0 aliphatic rings. The van der Waals surface area contributed by atoms with Gasteiger partial charge in [0.15, 0.2) is 5.82 Å². The molecule has 4 aromatic heterocycles. The highest BCUT2D eigenvalue weighted by atomic mass is 15.1. The standard InChI is InChI=1S/C24H19N7/c1-15(21-14-26-12-13-27-21)6-7-19-16(2)22(31-30-19)24-28-20-5-3-4-18(23(20)29-24)17-8-10-25-11-9-17/h3-14,30H,2H2,1H3,(H,28,29)/b15-6+,19-7+. The van der Waals surface area contributed by atoms with Crippen molar-refractivity contribution >= 4 is 29.3 Å². The predicted octanol–water partition coefficient (Wildman–Crippen LogP) is 3.10. The van der Waals surface area contributed by atoms with Gasteiger partial charge in [-0.15, -0.1) is 0 Å². The molecule has 0 saturated heterocycles. The number of nitrogens with one attached hydrogen (secondary N) is 2. The fraction of sp³-hybridized carbons (Fsp3) is 0.0417. The number of aromatic amines is 2. The Morgan fingerprint density at radius 2 is 1.90 bits per heavy atom. The molecular formula is C24H19N7. The minimum Gasteiger partial charge on any atom is -0.337 e. The lowest BCUT2D eigenvalue weighted by Crippen LogP contribution is -2.21. The van der Waals surface area contributed by atoms with Gasteiger partial charge in [0.25, 0.3) is 0 Å². The van der Waals surface area contributed by atoms with Crippen LogP contribution in [0.15, 0.2) is 67.4 Å². The number of pyridine rings is 1. The summed E-state index contributed by atoms with van der Waals surface area (Å²) >= 11 is 0. The third-order valence-corrected chi connectivity index (χ3v) is 5.09. The van der Waals surface area contributed by atoms with E-state index in [2.05, 4.69) is 42.8 Å². The Morgan fingerprint density at radius 3 is 2.71 bits per heavy atom.